The zero-order chi connectivity index (χ0) is 14.7. The quantitative estimate of drug-likeness (QED) is 0.682. The fourth-order valence-electron chi connectivity index (χ4n) is 2.30. The normalized spacial score (nSPS) is 10.8. The third kappa shape index (κ3) is 3.23. The highest BCUT2D eigenvalue weighted by Gasteiger charge is 2.18. The molecular formula is C17H12Cl2N2. The number of rotatable bonds is 3. The molecule has 0 saturated heterocycles. The Bertz CT molecular complexity index is 665. The summed E-state index contributed by atoms with van der Waals surface area (Å²) in [6, 6.07) is 15.6. The Morgan fingerprint density at radius 2 is 1.24 bits per heavy atom. The fraction of sp³-hybridized carbons (Fsp3) is 0.0588. The van der Waals surface area contributed by atoms with E-state index in [1.807, 2.05) is 48.5 Å². The SMILES string of the molecule is Clc1ccc(C(c2ccc(Cl)cc2)c2cnccn2)cc1. The van der Waals surface area contributed by atoms with Gasteiger partial charge in [-0.15, -0.1) is 0 Å². The van der Waals surface area contributed by atoms with Crippen LogP contribution in [0.25, 0.3) is 0 Å². The minimum Gasteiger partial charge on any atom is -0.261 e. The molecule has 0 aliphatic carbocycles. The number of aromatic nitrogens is 2. The largest absolute Gasteiger partial charge is 0.261 e. The van der Waals surface area contributed by atoms with Crippen molar-refractivity contribution in [1.82, 2.24) is 9.97 Å². The second-order valence-corrected chi connectivity index (χ2v) is 5.54. The summed E-state index contributed by atoms with van der Waals surface area (Å²) >= 11 is 12.0. The number of hydrogen-bond donors (Lipinski definition) is 0. The van der Waals surface area contributed by atoms with Gasteiger partial charge >= 0.3 is 0 Å². The first-order valence-corrected chi connectivity index (χ1v) is 7.26. The molecule has 0 unspecified atom stereocenters. The molecule has 0 spiro atoms. The highest BCUT2D eigenvalue weighted by Crippen LogP contribution is 2.31. The first kappa shape index (κ1) is 14.1. The summed E-state index contributed by atoms with van der Waals surface area (Å²) in [5.74, 6) is 0.00762. The Morgan fingerprint density at radius 3 is 1.67 bits per heavy atom. The van der Waals surface area contributed by atoms with Gasteiger partial charge in [-0.1, -0.05) is 47.5 Å². The molecule has 21 heavy (non-hydrogen) atoms. The van der Waals surface area contributed by atoms with Gasteiger partial charge in [-0.3, -0.25) is 9.97 Å². The van der Waals surface area contributed by atoms with Crippen molar-refractivity contribution < 1.29 is 0 Å². The molecule has 0 aliphatic rings. The average molecular weight is 315 g/mol. The van der Waals surface area contributed by atoms with Gasteiger partial charge < -0.3 is 0 Å². The van der Waals surface area contributed by atoms with Crippen LogP contribution in [0.15, 0.2) is 67.1 Å². The molecule has 0 N–H and O–H groups in total. The van der Waals surface area contributed by atoms with Crippen molar-refractivity contribution in [2.24, 2.45) is 0 Å². The van der Waals surface area contributed by atoms with Crippen molar-refractivity contribution in [3.05, 3.63) is 94.0 Å². The lowest BCUT2D eigenvalue weighted by Gasteiger charge is -2.17. The van der Waals surface area contributed by atoms with Gasteiger partial charge in [0.1, 0.15) is 0 Å². The predicted octanol–water partition coefficient (Wildman–Crippen LogP) is 4.96. The number of benzene rings is 2. The van der Waals surface area contributed by atoms with Crippen molar-refractivity contribution in [2.75, 3.05) is 0 Å². The Kier molecular flexibility index (Phi) is 4.18. The van der Waals surface area contributed by atoms with Crippen molar-refractivity contribution >= 4 is 23.2 Å². The molecule has 0 saturated carbocycles. The molecule has 0 fully saturated rings. The van der Waals surface area contributed by atoms with E-state index in [-0.39, 0.29) is 5.92 Å². The third-order valence-corrected chi connectivity index (χ3v) is 3.79. The maximum absolute atomic E-state index is 5.98. The summed E-state index contributed by atoms with van der Waals surface area (Å²) in [4.78, 5) is 8.63. The highest BCUT2D eigenvalue weighted by atomic mass is 35.5. The van der Waals surface area contributed by atoms with Gasteiger partial charge in [-0.2, -0.15) is 0 Å². The molecule has 4 heteroatoms. The van der Waals surface area contributed by atoms with Gasteiger partial charge in [0.25, 0.3) is 0 Å². The van der Waals surface area contributed by atoms with Crippen LogP contribution in [0.1, 0.15) is 22.7 Å². The highest BCUT2D eigenvalue weighted by molar-refractivity contribution is 6.30. The predicted molar refractivity (Wildman–Crippen MR) is 85.9 cm³/mol. The summed E-state index contributed by atoms with van der Waals surface area (Å²) < 4.78 is 0. The van der Waals surface area contributed by atoms with Gasteiger partial charge in [0.2, 0.25) is 0 Å². The summed E-state index contributed by atoms with van der Waals surface area (Å²) in [7, 11) is 0. The molecule has 0 radical (unpaired) electrons. The zero-order valence-electron chi connectivity index (χ0n) is 11.1. The molecule has 3 rings (SSSR count). The maximum atomic E-state index is 5.98. The molecule has 0 atom stereocenters. The van der Waals surface area contributed by atoms with E-state index < -0.39 is 0 Å². The fourth-order valence-corrected chi connectivity index (χ4v) is 2.56. The summed E-state index contributed by atoms with van der Waals surface area (Å²) in [6.45, 7) is 0. The molecule has 2 nitrogen and oxygen atoms in total. The summed E-state index contributed by atoms with van der Waals surface area (Å²) in [5, 5.41) is 1.43. The zero-order valence-corrected chi connectivity index (χ0v) is 12.6. The van der Waals surface area contributed by atoms with E-state index in [0.29, 0.717) is 10.0 Å². The van der Waals surface area contributed by atoms with Crippen LogP contribution < -0.4 is 0 Å². The van der Waals surface area contributed by atoms with Gasteiger partial charge in [0, 0.05) is 28.6 Å². The lowest BCUT2D eigenvalue weighted by Crippen LogP contribution is -2.05. The number of hydrogen-bond acceptors (Lipinski definition) is 2. The lowest BCUT2D eigenvalue weighted by molar-refractivity contribution is 0.901. The maximum Gasteiger partial charge on any atom is 0.0705 e. The monoisotopic (exact) mass is 314 g/mol. The Morgan fingerprint density at radius 1 is 0.714 bits per heavy atom. The van der Waals surface area contributed by atoms with Crippen LogP contribution in [0.4, 0.5) is 0 Å². The van der Waals surface area contributed by atoms with E-state index in [0.717, 1.165) is 16.8 Å². The topological polar surface area (TPSA) is 25.8 Å². The van der Waals surface area contributed by atoms with Crippen LogP contribution in [-0.4, -0.2) is 9.97 Å². The van der Waals surface area contributed by atoms with Crippen molar-refractivity contribution in [3.63, 3.8) is 0 Å². The Labute approximate surface area is 133 Å². The molecular weight excluding hydrogens is 303 g/mol. The van der Waals surface area contributed by atoms with Gasteiger partial charge in [0.15, 0.2) is 0 Å². The molecule has 104 valence electrons. The molecule has 0 bridgehead atoms. The Hall–Kier alpha value is -1.90. The first-order valence-electron chi connectivity index (χ1n) is 6.51. The molecule has 0 aliphatic heterocycles. The number of nitrogens with zero attached hydrogens (tertiary/aromatic N) is 2. The molecule has 2 aromatic carbocycles. The Balaban J connectivity index is 2.11. The standard InChI is InChI=1S/C17H12Cl2N2/c18-14-5-1-12(2-6-14)17(16-11-20-9-10-21-16)13-3-7-15(19)8-4-13/h1-11,17H. The summed E-state index contributed by atoms with van der Waals surface area (Å²) in [5.41, 5.74) is 3.12. The molecule has 1 heterocycles. The third-order valence-electron chi connectivity index (χ3n) is 3.29. The molecule has 0 amide bonds. The number of halogens is 2. The van der Waals surface area contributed by atoms with E-state index in [2.05, 4.69) is 9.97 Å². The van der Waals surface area contributed by atoms with Crippen LogP contribution in [0.2, 0.25) is 10.0 Å². The van der Waals surface area contributed by atoms with E-state index in [1.54, 1.807) is 18.6 Å². The van der Waals surface area contributed by atoms with E-state index in [1.165, 1.54) is 0 Å². The van der Waals surface area contributed by atoms with Crippen LogP contribution >= 0.6 is 23.2 Å². The van der Waals surface area contributed by atoms with Crippen LogP contribution in [-0.2, 0) is 0 Å². The van der Waals surface area contributed by atoms with E-state index >= 15 is 0 Å². The van der Waals surface area contributed by atoms with Crippen LogP contribution in [0.5, 0.6) is 0 Å². The minimum absolute atomic E-state index is 0.00762. The van der Waals surface area contributed by atoms with Gasteiger partial charge in [-0.05, 0) is 35.4 Å². The van der Waals surface area contributed by atoms with Crippen molar-refractivity contribution in [1.29, 1.82) is 0 Å². The van der Waals surface area contributed by atoms with Gasteiger partial charge in [0.05, 0.1) is 11.6 Å². The smallest absolute Gasteiger partial charge is 0.0705 e. The van der Waals surface area contributed by atoms with Crippen LogP contribution in [0.3, 0.4) is 0 Å². The lowest BCUT2D eigenvalue weighted by atomic mass is 9.89. The van der Waals surface area contributed by atoms with Crippen LogP contribution in [0, 0.1) is 0 Å². The van der Waals surface area contributed by atoms with Crippen molar-refractivity contribution in [3.8, 4) is 0 Å². The van der Waals surface area contributed by atoms with Crippen molar-refractivity contribution in [2.45, 2.75) is 5.92 Å². The molecule has 1 aromatic heterocycles. The van der Waals surface area contributed by atoms with E-state index in [4.69, 9.17) is 23.2 Å². The second-order valence-electron chi connectivity index (χ2n) is 4.67. The summed E-state index contributed by atoms with van der Waals surface area (Å²) in [6.07, 6.45) is 5.16. The van der Waals surface area contributed by atoms with Gasteiger partial charge in [-0.25, -0.2) is 0 Å². The molecule has 3 aromatic rings. The first-order chi connectivity index (χ1) is 10.2. The van der Waals surface area contributed by atoms with E-state index in [9.17, 15) is 0 Å². The second kappa shape index (κ2) is 6.25. The minimum atomic E-state index is 0.00762. The average Bonchev–Trinajstić information content (AvgIpc) is 2.52.